The third kappa shape index (κ3) is 4.64. The van der Waals surface area contributed by atoms with E-state index >= 15 is 0 Å². The van der Waals surface area contributed by atoms with Crippen LogP contribution in [0.5, 0.6) is 0 Å². The van der Waals surface area contributed by atoms with Crippen molar-refractivity contribution in [2.75, 3.05) is 27.2 Å². The molecule has 4 nitrogen and oxygen atoms in total. The predicted octanol–water partition coefficient (Wildman–Crippen LogP) is 1.84. The van der Waals surface area contributed by atoms with Crippen LogP contribution < -0.4 is 0 Å². The van der Waals surface area contributed by atoms with Crippen molar-refractivity contribution < 1.29 is 9.53 Å². The molecule has 1 heterocycles. The first-order valence-corrected chi connectivity index (χ1v) is 6.05. The Morgan fingerprint density at radius 2 is 2.25 bits per heavy atom. The van der Waals surface area contributed by atoms with E-state index in [1.807, 2.05) is 0 Å². The summed E-state index contributed by atoms with van der Waals surface area (Å²) in [4.78, 5) is 17.6. The lowest BCUT2D eigenvalue weighted by molar-refractivity contribution is -0.140. The van der Waals surface area contributed by atoms with Gasteiger partial charge in [-0.25, -0.2) is 0 Å². The minimum Gasteiger partial charge on any atom is -0.469 e. The van der Waals surface area contributed by atoms with Crippen LogP contribution in [0.2, 0.25) is 0 Å². The number of carbonyl (C=O) groups is 1. The van der Waals surface area contributed by atoms with Crippen LogP contribution in [0, 0.1) is 0 Å². The Bertz CT molecular complexity index is 251. The number of hydrogen-bond acceptors (Lipinski definition) is 4. The van der Waals surface area contributed by atoms with Crippen molar-refractivity contribution in [3.8, 4) is 0 Å². The second-order valence-corrected chi connectivity index (χ2v) is 4.21. The monoisotopic (exact) mass is 226 g/mol. The summed E-state index contributed by atoms with van der Waals surface area (Å²) < 4.78 is 4.59. The summed E-state index contributed by atoms with van der Waals surface area (Å²) in [6.07, 6.45) is 5.85. The minimum atomic E-state index is -0.105. The highest BCUT2D eigenvalue weighted by molar-refractivity contribution is 5.82. The number of ether oxygens (including phenoxy) is 1. The third-order valence-corrected chi connectivity index (χ3v) is 2.90. The van der Waals surface area contributed by atoms with Crippen LogP contribution in [-0.4, -0.2) is 44.0 Å². The maximum atomic E-state index is 10.9. The molecule has 0 unspecified atom stereocenters. The molecule has 0 aromatic rings. The fourth-order valence-electron chi connectivity index (χ4n) is 1.87. The normalized spacial score (nSPS) is 15.9. The van der Waals surface area contributed by atoms with Crippen molar-refractivity contribution in [1.82, 2.24) is 4.90 Å². The summed E-state index contributed by atoms with van der Waals surface area (Å²) in [5.74, 6) is 1.12. The van der Waals surface area contributed by atoms with Crippen molar-refractivity contribution in [3.05, 3.63) is 0 Å². The highest BCUT2D eigenvalue weighted by Crippen LogP contribution is 2.09. The van der Waals surface area contributed by atoms with E-state index in [0.717, 1.165) is 38.8 Å². The Morgan fingerprint density at radius 3 is 2.94 bits per heavy atom. The van der Waals surface area contributed by atoms with E-state index in [9.17, 15) is 4.79 Å². The number of esters is 1. The van der Waals surface area contributed by atoms with Crippen LogP contribution in [0.15, 0.2) is 4.99 Å². The number of methoxy groups -OCH3 is 1. The highest BCUT2D eigenvalue weighted by Gasteiger charge is 2.10. The minimum absolute atomic E-state index is 0.105. The van der Waals surface area contributed by atoms with E-state index in [-0.39, 0.29) is 5.97 Å². The van der Waals surface area contributed by atoms with Gasteiger partial charge in [-0.2, -0.15) is 0 Å². The average Bonchev–Trinajstić information content (AvgIpc) is 2.30. The number of amidine groups is 1. The first kappa shape index (κ1) is 13.0. The quantitative estimate of drug-likeness (QED) is 0.512. The van der Waals surface area contributed by atoms with Gasteiger partial charge in [0.2, 0.25) is 0 Å². The Hall–Kier alpha value is -1.06. The van der Waals surface area contributed by atoms with Gasteiger partial charge >= 0.3 is 5.97 Å². The Kier molecular flexibility index (Phi) is 5.90. The van der Waals surface area contributed by atoms with Gasteiger partial charge in [-0.15, -0.1) is 0 Å². The maximum absolute atomic E-state index is 10.9. The van der Waals surface area contributed by atoms with E-state index in [0.29, 0.717) is 6.42 Å². The molecule has 0 fully saturated rings. The molecule has 0 aliphatic carbocycles. The molecule has 4 heteroatoms. The van der Waals surface area contributed by atoms with Crippen LogP contribution in [0.1, 0.15) is 38.5 Å². The lowest BCUT2D eigenvalue weighted by Gasteiger charge is -2.25. The van der Waals surface area contributed by atoms with Gasteiger partial charge in [-0.1, -0.05) is 6.42 Å². The SMILES string of the molecule is COC(=O)CCCCCC1=NCCCN1C. The Labute approximate surface area is 97.7 Å². The molecule has 92 valence electrons. The molecule has 0 saturated heterocycles. The first-order chi connectivity index (χ1) is 7.74. The van der Waals surface area contributed by atoms with Gasteiger partial charge in [0.05, 0.1) is 12.9 Å². The zero-order valence-electron chi connectivity index (χ0n) is 10.4. The largest absolute Gasteiger partial charge is 0.469 e. The first-order valence-electron chi connectivity index (χ1n) is 6.05. The molecular formula is C12H22N2O2. The van der Waals surface area contributed by atoms with Gasteiger partial charge in [-0.3, -0.25) is 9.79 Å². The van der Waals surface area contributed by atoms with Crippen molar-refractivity contribution >= 4 is 11.8 Å². The standard InChI is InChI=1S/C12H22N2O2/c1-14-10-6-9-13-11(14)7-4-3-5-8-12(15)16-2/h3-10H2,1-2H3. The summed E-state index contributed by atoms with van der Waals surface area (Å²) in [5.41, 5.74) is 0. The predicted molar refractivity (Wildman–Crippen MR) is 64.7 cm³/mol. The van der Waals surface area contributed by atoms with Crippen molar-refractivity contribution in [2.24, 2.45) is 4.99 Å². The average molecular weight is 226 g/mol. The van der Waals surface area contributed by atoms with E-state index in [1.54, 1.807) is 0 Å². The maximum Gasteiger partial charge on any atom is 0.305 e. The zero-order valence-corrected chi connectivity index (χ0v) is 10.4. The lowest BCUT2D eigenvalue weighted by Crippen LogP contribution is -2.31. The molecule has 0 atom stereocenters. The molecule has 0 aromatic heterocycles. The van der Waals surface area contributed by atoms with Gasteiger partial charge in [0, 0.05) is 33.0 Å². The number of unbranched alkanes of at least 4 members (excludes halogenated alkanes) is 2. The second-order valence-electron chi connectivity index (χ2n) is 4.21. The van der Waals surface area contributed by atoms with Gasteiger partial charge in [0.15, 0.2) is 0 Å². The van der Waals surface area contributed by atoms with Crippen molar-refractivity contribution in [2.45, 2.75) is 38.5 Å². The molecule has 0 spiro atoms. The molecule has 1 rings (SSSR count). The lowest BCUT2D eigenvalue weighted by atomic mass is 10.1. The fraction of sp³-hybridized carbons (Fsp3) is 0.833. The summed E-state index contributed by atoms with van der Waals surface area (Å²) in [6, 6.07) is 0. The molecule has 0 amide bonds. The smallest absolute Gasteiger partial charge is 0.305 e. The van der Waals surface area contributed by atoms with Crippen LogP contribution in [0.4, 0.5) is 0 Å². The number of carbonyl (C=O) groups excluding carboxylic acids is 1. The van der Waals surface area contributed by atoms with E-state index < -0.39 is 0 Å². The van der Waals surface area contributed by atoms with Crippen LogP contribution in [0.3, 0.4) is 0 Å². The van der Waals surface area contributed by atoms with Gasteiger partial charge in [0.25, 0.3) is 0 Å². The summed E-state index contributed by atoms with van der Waals surface area (Å²) in [6.45, 7) is 2.10. The Balaban J connectivity index is 2.06. The van der Waals surface area contributed by atoms with E-state index in [2.05, 4.69) is 21.7 Å². The van der Waals surface area contributed by atoms with Crippen LogP contribution in [-0.2, 0) is 9.53 Å². The topological polar surface area (TPSA) is 41.9 Å². The molecule has 1 aliphatic rings. The molecule has 0 aromatic carbocycles. The van der Waals surface area contributed by atoms with Crippen molar-refractivity contribution in [1.29, 1.82) is 0 Å². The van der Waals surface area contributed by atoms with E-state index in [1.165, 1.54) is 19.4 Å². The van der Waals surface area contributed by atoms with Crippen LogP contribution >= 0.6 is 0 Å². The molecule has 16 heavy (non-hydrogen) atoms. The molecule has 1 aliphatic heterocycles. The summed E-state index contributed by atoms with van der Waals surface area (Å²) in [7, 11) is 3.54. The molecule has 0 saturated carbocycles. The third-order valence-electron chi connectivity index (χ3n) is 2.90. The number of hydrogen-bond donors (Lipinski definition) is 0. The van der Waals surface area contributed by atoms with Gasteiger partial charge in [0.1, 0.15) is 0 Å². The fourth-order valence-corrected chi connectivity index (χ4v) is 1.87. The van der Waals surface area contributed by atoms with E-state index in [4.69, 9.17) is 0 Å². The second kappa shape index (κ2) is 7.25. The summed E-state index contributed by atoms with van der Waals surface area (Å²) in [5, 5.41) is 0. The number of aliphatic imine (C=N–C) groups is 1. The van der Waals surface area contributed by atoms with Crippen LogP contribution in [0.25, 0.3) is 0 Å². The Morgan fingerprint density at radius 1 is 1.44 bits per heavy atom. The molecule has 0 bridgehead atoms. The summed E-state index contributed by atoms with van der Waals surface area (Å²) >= 11 is 0. The molecule has 0 radical (unpaired) electrons. The van der Waals surface area contributed by atoms with Crippen molar-refractivity contribution in [3.63, 3.8) is 0 Å². The number of nitrogens with zero attached hydrogens (tertiary/aromatic N) is 2. The zero-order chi connectivity index (χ0) is 11.8. The van der Waals surface area contributed by atoms with Gasteiger partial charge < -0.3 is 9.64 Å². The highest BCUT2D eigenvalue weighted by atomic mass is 16.5. The molecule has 0 N–H and O–H groups in total. The van der Waals surface area contributed by atoms with Gasteiger partial charge in [-0.05, 0) is 19.3 Å². The number of rotatable bonds is 6. The molecular weight excluding hydrogens is 204 g/mol.